The zero-order chi connectivity index (χ0) is 43.8. The van der Waals surface area contributed by atoms with Crippen molar-refractivity contribution in [1.29, 1.82) is 0 Å². The molecule has 0 radical (unpaired) electrons. The van der Waals surface area contributed by atoms with Gasteiger partial charge in [0.1, 0.15) is 0 Å². The highest BCUT2D eigenvalue weighted by Crippen LogP contribution is 2.17. The number of unbranched alkanes of at least 4 members (excludes halogenated alkanes) is 28. The van der Waals surface area contributed by atoms with Crippen molar-refractivity contribution in [2.45, 2.75) is 257 Å². The number of hydrogen-bond acceptors (Lipinski definition) is 8. The summed E-state index contributed by atoms with van der Waals surface area (Å²) < 4.78 is 0. The quantitative estimate of drug-likeness (QED) is 0.0298. The van der Waals surface area contributed by atoms with E-state index in [1.165, 1.54) is 193 Å². The van der Waals surface area contributed by atoms with Gasteiger partial charge in [0.25, 0.3) is 0 Å². The summed E-state index contributed by atoms with van der Waals surface area (Å²) in [7, 11) is 0. The molecule has 0 aromatic rings. The van der Waals surface area contributed by atoms with E-state index in [9.17, 15) is 14.4 Å². The van der Waals surface area contributed by atoms with Crippen molar-refractivity contribution >= 4 is 17.7 Å². The van der Waals surface area contributed by atoms with Crippen LogP contribution in [-0.4, -0.2) is 75.6 Å². The molecule has 1 atom stereocenters. The molecule has 0 aliphatic heterocycles. The Labute approximate surface area is 372 Å². The first-order valence-electron chi connectivity index (χ1n) is 26.2. The van der Waals surface area contributed by atoms with E-state index < -0.39 is 11.9 Å². The number of carbonyl (C=O) groups is 3. The van der Waals surface area contributed by atoms with Gasteiger partial charge in [-0.1, -0.05) is 206 Å². The van der Waals surface area contributed by atoms with E-state index in [4.69, 9.17) is 11.5 Å². The Morgan fingerprint density at radius 2 is 0.767 bits per heavy atom. The summed E-state index contributed by atoms with van der Waals surface area (Å²) in [5.74, 6) is -1.06. The van der Waals surface area contributed by atoms with Crippen LogP contribution in [0.15, 0.2) is 0 Å². The van der Waals surface area contributed by atoms with Gasteiger partial charge in [-0.05, 0) is 71.2 Å². The van der Waals surface area contributed by atoms with E-state index in [0.717, 1.165) is 45.2 Å². The van der Waals surface area contributed by atoms with Gasteiger partial charge in [-0.15, -0.1) is 0 Å². The first kappa shape index (κ1) is 58.4. The molecular formula is C50H103N7O3. The molecule has 0 spiro atoms. The predicted octanol–water partition coefficient (Wildman–Crippen LogP) is 10.3. The molecule has 0 aromatic carbocycles. The molecule has 0 heterocycles. The molecule has 0 aromatic heterocycles. The van der Waals surface area contributed by atoms with Crippen LogP contribution in [0.4, 0.5) is 0 Å². The second-order valence-electron chi connectivity index (χ2n) is 17.9. The lowest BCUT2D eigenvalue weighted by atomic mass is 9.99. The van der Waals surface area contributed by atoms with Crippen molar-refractivity contribution in [1.82, 2.24) is 26.6 Å². The van der Waals surface area contributed by atoms with E-state index in [0.29, 0.717) is 26.1 Å². The van der Waals surface area contributed by atoms with Crippen molar-refractivity contribution in [3.8, 4) is 0 Å². The Bertz CT molecular complexity index is 890. The minimum Gasteiger partial charge on any atom is -0.346 e. The molecule has 0 bridgehead atoms. The molecule has 0 aliphatic carbocycles. The number of imide groups is 1. The van der Waals surface area contributed by atoms with E-state index >= 15 is 0 Å². The second kappa shape index (κ2) is 48.4. The number of rotatable bonds is 49. The highest BCUT2D eigenvalue weighted by molar-refractivity contribution is 5.98. The molecule has 10 heteroatoms. The monoisotopic (exact) mass is 850 g/mol. The first-order chi connectivity index (χ1) is 29.5. The van der Waals surface area contributed by atoms with Gasteiger partial charge in [0.15, 0.2) is 0 Å². The van der Waals surface area contributed by atoms with Gasteiger partial charge in [-0.25, -0.2) is 0 Å². The van der Waals surface area contributed by atoms with Gasteiger partial charge in [-0.2, -0.15) is 0 Å². The van der Waals surface area contributed by atoms with E-state index in [2.05, 4.69) is 40.4 Å². The van der Waals surface area contributed by atoms with Crippen LogP contribution in [0.25, 0.3) is 0 Å². The molecule has 3 amide bonds. The van der Waals surface area contributed by atoms with Crippen molar-refractivity contribution in [2.75, 3.05) is 45.8 Å². The number of amides is 3. The number of nitrogens with one attached hydrogen (secondary N) is 5. The summed E-state index contributed by atoms with van der Waals surface area (Å²) in [6, 6.07) is -0.141. The van der Waals surface area contributed by atoms with E-state index in [1.54, 1.807) is 0 Å². The number of hydrogen-bond donors (Lipinski definition) is 7. The smallest absolute Gasteiger partial charge is 0.245 e. The number of carbonyl (C=O) groups excluding carboxylic acids is 3. The highest BCUT2D eigenvalue weighted by Gasteiger charge is 2.19. The van der Waals surface area contributed by atoms with Crippen LogP contribution in [0.1, 0.15) is 245 Å². The summed E-state index contributed by atoms with van der Waals surface area (Å²) >= 11 is 0. The Morgan fingerprint density at radius 1 is 0.400 bits per heavy atom. The fraction of sp³-hybridized carbons (Fsp3) is 0.940. The predicted molar refractivity (Wildman–Crippen MR) is 258 cm³/mol. The first-order valence-corrected chi connectivity index (χ1v) is 26.2. The van der Waals surface area contributed by atoms with Crippen LogP contribution in [0.2, 0.25) is 0 Å². The van der Waals surface area contributed by atoms with Crippen LogP contribution in [0.5, 0.6) is 0 Å². The normalized spacial score (nSPS) is 12.0. The second-order valence-corrected chi connectivity index (χ2v) is 17.9. The summed E-state index contributed by atoms with van der Waals surface area (Å²) in [5.41, 5.74) is 11.2. The molecule has 0 saturated heterocycles. The molecule has 0 rings (SSSR count). The van der Waals surface area contributed by atoms with Crippen LogP contribution >= 0.6 is 0 Å². The third-order valence-corrected chi connectivity index (χ3v) is 12.1. The summed E-state index contributed by atoms with van der Waals surface area (Å²) in [6.07, 6.45) is 45.9. The van der Waals surface area contributed by atoms with Crippen molar-refractivity contribution in [3.63, 3.8) is 0 Å². The molecule has 9 N–H and O–H groups in total. The third kappa shape index (κ3) is 43.1. The lowest BCUT2D eigenvalue weighted by Crippen LogP contribution is -2.49. The lowest BCUT2D eigenvalue weighted by Gasteiger charge is -2.19. The molecule has 60 heavy (non-hydrogen) atoms. The van der Waals surface area contributed by atoms with E-state index in [1.807, 2.05) is 0 Å². The summed E-state index contributed by atoms with van der Waals surface area (Å²) in [5, 5.41) is 15.3. The highest BCUT2D eigenvalue weighted by atomic mass is 16.2. The van der Waals surface area contributed by atoms with Crippen LogP contribution in [0.3, 0.4) is 0 Å². The topological polar surface area (TPSA) is 163 Å². The Hall–Kier alpha value is -1.59. The standard InChI is InChI=1S/C50H103N7O3/c1-3-5-7-9-11-13-15-17-19-21-23-25-27-29-31-36-46(37-32-30-28-26-24-22-20-18-16-14-12-10-8-6-4-2)55-44-48(58)57-49(59)45-56-50(60)47(54-43-35-40-52)38-33-41-53-42-34-39-51/h46-47,53-55H,3-45,51-52H2,1-2H3,(H,56,60)(H,57,58,59)/t47-/m0/s1. The van der Waals surface area contributed by atoms with Gasteiger partial charge in [0.2, 0.25) is 17.7 Å². The van der Waals surface area contributed by atoms with Gasteiger partial charge >= 0.3 is 0 Å². The van der Waals surface area contributed by atoms with E-state index in [-0.39, 0.29) is 30.9 Å². The summed E-state index contributed by atoms with van der Waals surface area (Å²) in [4.78, 5) is 38.5. The summed E-state index contributed by atoms with van der Waals surface area (Å²) in [6.45, 7) is 7.93. The third-order valence-electron chi connectivity index (χ3n) is 12.1. The van der Waals surface area contributed by atoms with Crippen molar-refractivity contribution < 1.29 is 14.4 Å². The SMILES string of the molecule is CCCCCCCCCCCCCCCCCC(CCCCCCCCCCCCCCCCC)NCC(=O)NC(=O)CNC(=O)[C@H](CCCNCCCN)NCCCN. The Morgan fingerprint density at radius 3 is 1.18 bits per heavy atom. The Kier molecular flexibility index (Phi) is 47.2. The average molecular weight is 850 g/mol. The molecule has 0 fully saturated rings. The maximum Gasteiger partial charge on any atom is 0.245 e. The van der Waals surface area contributed by atoms with Gasteiger partial charge in [0, 0.05) is 6.04 Å². The fourth-order valence-corrected chi connectivity index (χ4v) is 8.13. The van der Waals surface area contributed by atoms with Gasteiger partial charge < -0.3 is 32.7 Å². The minimum absolute atomic E-state index is 0.113. The van der Waals surface area contributed by atoms with Gasteiger partial charge in [-0.3, -0.25) is 19.7 Å². The van der Waals surface area contributed by atoms with Crippen molar-refractivity contribution in [3.05, 3.63) is 0 Å². The maximum absolute atomic E-state index is 13.0. The van der Waals surface area contributed by atoms with Crippen LogP contribution in [-0.2, 0) is 14.4 Å². The van der Waals surface area contributed by atoms with Crippen LogP contribution in [0, 0.1) is 0 Å². The van der Waals surface area contributed by atoms with Crippen molar-refractivity contribution in [2.24, 2.45) is 11.5 Å². The number of nitrogens with two attached hydrogens (primary N) is 2. The zero-order valence-corrected chi connectivity index (χ0v) is 39.9. The lowest BCUT2D eigenvalue weighted by molar-refractivity contribution is -0.132. The van der Waals surface area contributed by atoms with Crippen LogP contribution < -0.4 is 38.1 Å². The Balaban J connectivity index is 4.55. The molecule has 10 nitrogen and oxygen atoms in total. The maximum atomic E-state index is 13.0. The van der Waals surface area contributed by atoms with Gasteiger partial charge in [0.05, 0.1) is 19.1 Å². The molecule has 0 aliphatic rings. The molecule has 0 unspecified atom stereocenters. The molecular weight excluding hydrogens is 747 g/mol. The fourth-order valence-electron chi connectivity index (χ4n) is 8.13. The molecule has 0 saturated carbocycles. The largest absolute Gasteiger partial charge is 0.346 e. The zero-order valence-electron chi connectivity index (χ0n) is 39.9. The minimum atomic E-state index is -0.485. The molecule has 356 valence electrons. The average Bonchev–Trinajstić information content (AvgIpc) is 3.24.